The van der Waals surface area contributed by atoms with E-state index in [9.17, 15) is 4.79 Å². The Bertz CT molecular complexity index is 959. The number of halogens is 1. The van der Waals surface area contributed by atoms with Gasteiger partial charge in [-0.2, -0.15) is 0 Å². The molecule has 1 saturated heterocycles. The van der Waals surface area contributed by atoms with Crippen molar-refractivity contribution in [3.8, 4) is 23.0 Å². The molecule has 0 unspecified atom stereocenters. The highest BCUT2D eigenvalue weighted by Gasteiger charge is 2.26. The third-order valence-corrected chi connectivity index (χ3v) is 5.94. The lowest BCUT2D eigenvalue weighted by atomic mass is 9.95. The summed E-state index contributed by atoms with van der Waals surface area (Å²) in [4.78, 5) is 15.0. The molecular weight excluding hydrogens is 408 g/mol. The molecule has 2 aromatic rings. The summed E-state index contributed by atoms with van der Waals surface area (Å²) in [6.45, 7) is 3.76. The fourth-order valence-corrected chi connectivity index (χ4v) is 4.37. The maximum Gasteiger partial charge on any atom is 0.231 e. The number of hydrogen-bond acceptors (Lipinski definition) is 6. The molecule has 3 aliphatic heterocycles. The largest absolute Gasteiger partial charge is 0.486 e. The van der Waals surface area contributed by atoms with E-state index in [1.54, 1.807) is 6.07 Å². The quantitative estimate of drug-likeness (QED) is 0.797. The molecule has 5 rings (SSSR count). The molecule has 3 aliphatic rings. The van der Waals surface area contributed by atoms with Crippen LogP contribution in [0.15, 0.2) is 30.3 Å². The van der Waals surface area contributed by atoms with Crippen LogP contribution in [0, 0.1) is 5.92 Å². The van der Waals surface area contributed by atoms with Gasteiger partial charge in [-0.3, -0.25) is 9.69 Å². The Kier molecular flexibility index (Phi) is 5.31. The van der Waals surface area contributed by atoms with Crippen LogP contribution in [0.5, 0.6) is 23.0 Å². The topological polar surface area (TPSA) is 69.3 Å². The maximum absolute atomic E-state index is 12.7. The van der Waals surface area contributed by atoms with Gasteiger partial charge in [0.15, 0.2) is 23.0 Å². The highest BCUT2D eigenvalue weighted by Crippen LogP contribution is 2.39. The van der Waals surface area contributed by atoms with Crippen molar-refractivity contribution in [3.05, 3.63) is 40.9 Å². The number of nitrogens with zero attached hydrogens (tertiary/aromatic N) is 1. The summed E-state index contributed by atoms with van der Waals surface area (Å²) >= 11 is 6.35. The van der Waals surface area contributed by atoms with Crippen molar-refractivity contribution in [3.63, 3.8) is 0 Å². The second kappa shape index (κ2) is 8.24. The van der Waals surface area contributed by atoms with Gasteiger partial charge in [0.1, 0.15) is 13.2 Å². The van der Waals surface area contributed by atoms with Crippen LogP contribution in [0.25, 0.3) is 0 Å². The molecule has 0 atom stereocenters. The summed E-state index contributed by atoms with van der Waals surface area (Å²) in [5.74, 6) is 2.76. The van der Waals surface area contributed by atoms with Gasteiger partial charge in [0.2, 0.25) is 12.7 Å². The SMILES string of the molecule is O=C(Nc1ccc2c(c1)OCO2)C1CCN(Cc2cc(Cl)c3c(c2)OCCO3)CC1. The fraction of sp³-hybridized carbons (Fsp3) is 0.409. The predicted molar refractivity (Wildman–Crippen MR) is 112 cm³/mol. The zero-order chi connectivity index (χ0) is 20.5. The number of carbonyl (C=O) groups excluding carboxylic acids is 1. The molecule has 0 radical (unpaired) electrons. The van der Waals surface area contributed by atoms with Crippen molar-refractivity contribution >= 4 is 23.2 Å². The van der Waals surface area contributed by atoms with Gasteiger partial charge in [0.25, 0.3) is 0 Å². The van der Waals surface area contributed by atoms with Gasteiger partial charge in [0.05, 0.1) is 5.02 Å². The molecule has 2 aromatic carbocycles. The second-order valence-corrected chi connectivity index (χ2v) is 8.12. The number of amides is 1. The number of fused-ring (bicyclic) bond motifs is 2. The summed E-state index contributed by atoms with van der Waals surface area (Å²) in [7, 11) is 0. The molecule has 0 aliphatic carbocycles. The third-order valence-electron chi connectivity index (χ3n) is 5.66. The molecule has 0 aromatic heterocycles. The van der Waals surface area contributed by atoms with Crippen LogP contribution in [0.4, 0.5) is 5.69 Å². The Morgan fingerprint density at radius 3 is 2.67 bits per heavy atom. The lowest BCUT2D eigenvalue weighted by Gasteiger charge is -2.31. The van der Waals surface area contributed by atoms with Crippen LogP contribution >= 0.6 is 11.6 Å². The van der Waals surface area contributed by atoms with Crippen molar-refractivity contribution in [1.82, 2.24) is 4.90 Å². The molecule has 30 heavy (non-hydrogen) atoms. The predicted octanol–water partition coefficient (Wildman–Crippen LogP) is 3.69. The van der Waals surface area contributed by atoms with Gasteiger partial charge in [0, 0.05) is 24.2 Å². The highest BCUT2D eigenvalue weighted by atomic mass is 35.5. The van der Waals surface area contributed by atoms with Crippen LogP contribution in [0.1, 0.15) is 18.4 Å². The van der Waals surface area contributed by atoms with Gasteiger partial charge < -0.3 is 24.3 Å². The third kappa shape index (κ3) is 4.00. The summed E-state index contributed by atoms with van der Waals surface area (Å²) in [5, 5.41) is 3.59. The fourth-order valence-electron chi connectivity index (χ4n) is 4.09. The van der Waals surface area contributed by atoms with Crippen LogP contribution in [0.2, 0.25) is 5.02 Å². The molecule has 0 saturated carbocycles. The lowest BCUT2D eigenvalue weighted by molar-refractivity contribution is -0.121. The highest BCUT2D eigenvalue weighted by molar-refractivity contribution is 6.32. The van der Waals surface area contributed by atoms with E-state index in [-0.39, 0.29) is 18.6 Å². The first-order valence-corrected chi connectivity index (χ1v) is 10.5. The average molecular weight is 431 g/mol. The van der Waals surface area contributed by atoms with Crippen molar-refractivity contribution in [2.45, 2.75) is 19.4 Å². The number of nitrogens with one attached hydrogen (secondary N) is 1. The number of rotatable bonds is 4. The molecule has 7 nitrogen and oxygen atoms in total. The minimum absolute atomic E-state index is 0.00414. The molecule has 1 amide bonds. The summed E-state index contributed by atoms with van der Waals surface area (Å²) in [6, 6.07) is 9.40. The van der Waals surface area contributed by atoms with Crippen LogP contribution in [-0.2, 0) is 11.3 Å². The van der Waals surface area contributed by atoms with E-state index in [4.69, 9.17) is 30.5 Å². The normalized spacial score (nSPS) is 18.3. The first-order valence-electron chi connectivity index (χ1n) is 10.2. The number of likely N-dealkylation sites (tertiary alicyclic amines) is 1. The number of ether oxygens (including phenoxy) is 4. The Morgan fingerprint density at radius 2 is 1.80 bits per heavy atom. The van der Waals surface area contributed by atoms with E-state index in [0.29, 0.717) is 41.2 Å². The van der Waals surface area contributed by atoms with E-state index in [2.05, 4.69) is 10.2 Å². The number of hydrogen-bond donors (Lipinski definition) is 1. The number of anilines is 1. The standard InChI is InChI=1S/C22H23ClN2O5/c23-17-9-14(10-20-21(17)28-8-7-27-20)12-25-5-3-15(4-6-25)22(26)24-16-1-2-18-19(11-16)30-13-29-18/h1-2,9-11,15H,3-8,12-13H2,(H,24,26). The molecule has 1 N–H and O–H groups in total. The Morgan fingerprint density at radius 1 is 1.00 bits per heavy atom. The Labute approximate surface area is 179 Å². The first kappa shape index (κ1) is 19.3. The van der Waals surface area contributed by atoms with Gasteiger partial charge in [-0.1, -0.05) is 11.6 Å². The lowest BCUT2D eigenvalue weighted by Crippen LogP contribution is -2.37. The number of carbonyl (C=O) groups is 1. The minimum Gasteiger partial charge on any atom is -0.486 e. The van der Waals surface area contributed by atoms with Crippen molar-refractivity contribution in [2.24, 2.45) is 5.92 Å². The van der Waals surface area contributed by atoms with Gasteiger partial charge in [-0.05, 0) is 55.8 Å². The zero-order valence-corrected chi connectivity index (χ0v) is 17.2. The van der Waals surface area contributed by atoms with E-state index >= 15 is 0 Å². The molecule has 1 fully saturated rings. The van der Waals surface area contributed by atoms with Crippen LogP contribution in [0.3, 0.4) is 0 Å². The summed E-state index contributed by atoms with van der Waals surface area (Å²) < 4.78 is 21.9. The molecule has 0 spiro atoms. The molecular formula is C22H23ClN2O5. The average Bonchev–Trinajstić information content (AvgIpc) is 3.22. The monoisotopic (exact) mass is 430 g/mol. The zero-order valence-electron chi connectivity index (χ0n) is 16.5. The van der Waals surface area contributed by atoms with Gasteiger partial charge in [-0.15, -0.1) is 0 Å². The van der Waals surface area contributed by atoms with Crippen LogP contribution < -0.4 is 24.3 Å². The van der Waals surface area contributed by atoms with E-state index in [1.807, 2.05) is 24.3 Å². The Balaban J connectivity index is 1.15. The number of benzene rings is 2. The van der Waals surface area contributed by atoms with E-state index in [1.165, 1.54) is 0 Å². The molecule has 8 heteroatoms. The molecule has 3 heterocycles. The van der Waals surface area contributed by atoms with Crippen molar-refractivity contribution < 1.29 is 23.7 Å². The smallest absolute Gasteiger partial charge is 0.231 e. The minimum atomic E-state index is -0.00414. The summed E-state index contributed by atoms with van der Waals surface area (Å²) in [5.41, 5.74) is 1.82. The summed E-state index contributed by atoms with van der Waals surface area (Å²) in [6.07, 6.45) is 1.63. The Hall–Kier alpha value is -2.64. The van der Waals surface area contributed by atoms with Gasteiger partial charge in [-0.25, -0.2) is 0 Å². The van der Waals surface area contributed by atoms with Crippen molar-refractivity contribution in [2.75, 3.05) is 38.4 Å². The van der Waals surface area contributed by atoms with E-state index in [0.717, 1.165) is 43.7 Å². The molecule has 0 bridgehead atoms. The maximum atomic E-state index is 12.7. The van der Waals surface area contributed by atoms with E-state index < -0.39 is 0 Å². The van der Waals surface area contributed by atoms with Gasteiger partial charge >= 0.3 is 0 Å². The van der Waals surface area contributed by atoms with Crippen molar-refractivity contribution in [1.29, 1.82) is 0 Å². The first-order chi connectivity index (χ1) is 14.7. The number of piperidine rings is 1. The second-order valence-electron chi connectivity index (χ2n) is 7.71. The molecule has 158 valence electrons. The van der Waals surface area contributed by atoms with Crippen LogP contribution in [-0.4, -0.2) is 43.9 Å².